The van der Waals surface area contributed by atoms with Crippen molar-refractivity contribution < 1.29 is 4.79 Å². The van der Waals surface area contributed by atoms with E-state index in [1.165, 1.54) is 0 Å². The molecule has 0 aliphatic heterocycles. The summed E-state index contributed by atoms with van der Waals surface area (Å²) in [4.78, 5) is 12.3. The van der Waals surface area contributed by atoms with Gasteiger partial charge in [0.05, 0.1) is 11.8 Å². The van der Waals surface area contributed by atoms with Crippen molar-refractivity contribution in [1.29, 1.82) is 0 Å². The number of hydrogen-bond acceptors (Lipinski definition) is 4. The van der Waals surface area contributed by atoms with Gasteiger partial charge in [0, 0.05) is 24.0 Å². The number of rotatable bonds is 6. The molecule has 7 heteroatoms. The Morgan fingerprint density at radius 1 is 1.52 bits per heavy atom. The highest BCUT2D eigenvalue weighted by atomic mass is 16.1. The first-order chi connectivity index (χ1) is 10.0. The minimum Gasteiger partial charge on any atom is -0.330 e. The second kappa shape index (κ2) is 6.53. The number of aromatic amines is 1. The molecule has 2 heterocycles. The maximum absolute atomic E-state index is 12.3. The van der Waals surface area contributed by atoms with E-state index in [9.17, 15) is 4.79 Å². The maximum Gasteiger partial charge on any atom is 0.260 e. The van der Waals surface area contributed by atoms with Gasteiger partial charge in [0.1, 0.15) is 0 Å². The van der Waals surface area contributed by atoms with E-state index in [1.807, 2.05) is 13.0 Å². The lowest BCUT2D eigenvalue weighted by molar-refractivity contribution is 0.102. The lowest BCUT2D eigenvalue weighted by Crippen LogP contribution is -2.14. The van der Waals surface area contributed by atoms with Crippen LogP contribution in [0.5, 0.6) is 0 Å². The molecule has 0 aliphatic carbocycles. The monoisotopic (exact) mass is 290 g/mol. The quantitative estimate of drug-likeness (QED) is 0.752. The van der Waals surface area contributed by atoms with E-state index in [0.29, 0.717) is 23.8 Å². The minimum absolute atomic E-state index is 0.201. The van der Waals surface area contributed by atoms with Crippen LogP contribution in [0.4, 0.5) is 5.82 Å². The van der Waals surface area contributed by atoms with E-state index >= 15 is 0 Å². The molecule has 0 aliphatic rings. The lowest BCUT2D eigenvalue weighted by Gasteiger charge is -2.04. The zero-order chi connectivity index (χ0) is 15.4. The largest absolute Gasteiger partial charge is 0.330 e. The van der Waals surface area contributed by atoms with E-state index in [-0.39, 0.29) is 5.91 Å². The number of hydrogen-bond donors (Lipinski definition) is 3. The molecule has 0 radical (unpaired) electrons. The summed E-state index contributed by atoms with van der Waals surface area (Å²) in [6.45, 7) is 7.32. The van der Waals surface area contributed by atoms with Crippen LogP contribution in [0.15, 0.2) is 12.3 Å². The molecule has 0 saturated heterocycles. The number of carbonyl (C=O) groups is 1. The zero-order valence-electron chi connectivity index (χ0n) is 12.7. The summed E-state index contributed by atoms with van der Waals surface area (Å²) >= 11 is 0. The highest BCUT2D eigenvalue weighted by Gasteiger charge is 2.15. The number of carbonyl (C=O) groups excluding carboxylic acids is 1. The highest BCUT2D eigenvalue weighted by molar-refractivity contribution is 6.04. The average Bonchev–Trinajstić information content (AvgIpc) is 3.03. The molecule has 0 atom stereocenters. The third-order valence-electron chi connectivity index (χ3n) is 3.38. The predicted octanol–water partition coefficient (Wildman–Crippen LogP) is 1.64. The van der Waals surface area contributed by atoms with Crippen molar-refractivity contribution in [3.8, 4) is 0 Å². The van der Waals surface area contributed by atoms with Gasteiger partial charge in [0.15, 0.2) is 5.82 Å². The summed E-state index contributed by atoms with van der Waals surface area (Å²) < 4.78 is 1.80. The Bertz CT molecular complexity index is 613. The van der Waals surface area contributed by atoms with Crippen LogP contribution >= 0.6 is 0 Å². The Kier molecular flexibility index (Phi) is 4.74. The summed E-state index contributed by atoms with van der Waals surface area (Å²) in [6, 6.07) is 1.84. The van der Waals surface area contributed by atoms with Gasteiger partial charge in [-0.3, -0.25) is 14.6 Å². The minimum atomic E-state index is -0.201. The Labute approximate surface area is 123 Å². The molecule has 2 aromatic rings. The maximum atomic E-state index is 12.3. The van der Waals surface area contributed by atoms with Crippen LogP contribution in [0.25, 0.3) is 0 Å². The lowest BCUT2D eigenvalue weighted by atomic mass is 10.1. The van der Waals surface area contributed by atoms with Crippen molar-refractivity contribution in [2.75, 3.05) is 11.9 Å². The van der Waals surface area contributed by atoms with Crippen LogP contribution in [0.2, 0.25) is 0 Å². The third-order valence-corrected chi connectivity index (χ3v) is 3.38. The molecular formula is C14H22N6O. The molecule has 2 rings (SSSR count). The van der Waals surface area contributed by atoms with E-state index in [0.717, 1.165) is 24.4 Å². The van der Waals surface area contributed by atoms with Crippen molar-refractivity contribution in [1.82, 2.24) is 20.0 Å². The fourth-order valence-corrected chi connectivity index (χ4v) is 2.02. The standard InChI is InChI=1S/C14H22N6O/c1-9(2)12-7-13(19-18-12)17-14(21)11-8-16-20(10(11)3)6-4-5-15/h7-9H,4-6,15H2,1-3H3,(H2,17,18,19,21). The smallest absolute Gasteiger partial charge is 0.260 e. The predicted molar refractivity (Wildman–Crippen MR) is 81.3 cm³/mol. The van der Waals surface area contributed by atoms with Crippen LogP contribution < -0.4 is 11.1 Å². The van der Waals surface area contributed by atoms with E-state index < -0.39 is 0 Å². The molecule has 0 spiro atoms. The number of nitrogens with two attached hydrogens (primary N) is 1. The van der Waals surface area contributed by atoms with Crippen molar-refractivity contribution in [3.05, 3.63) is 29.2 Å². The molecular weight excluding hydrogens is 268 g/mol. The van der Waals surface area contributed by atoms with Crippen molar-refractivity contribution >= 4 is 11.7 Å². The second-order valence-electron chi connectivity index (χ2n) is 5.33. The van der Waals surface area contributed by atoms with E-state index in [1.54, 1.807) is 10.9 Å². The van der Waals surface area contributed by atoms with E-state index in [2.05, 4.69) is 34.5 Å². The highest BCUT2D eigenvalue weighted by Crippen LogP contribution is 2.16. The molecule has 0 saturated carbocycles. The van der Waals surface area contributed by atoms with Gasteiger partial charge in [-0.25, -0.2) is 0 Å². The molecule has 4 N–H and O–H groups in total. The number of anilines is 1. The summed E-state index contributed by atoms with van der Waals surface area (Å²) in [5.74, 6) is 0.662. The van der Waals surface area contributed by atoms with Gasteiger partial charge in [-0.05, 0) is 25.8 Å². The van der Waals surface area contributed by atoms with Gasteiger partial charge in [-0.2, -0.15) is 10.2 Å². The molecule has 21 heavy (non-hydrogen) atoms. The number of aromatic nitrogens is 4. The Morgan fingerprint density at radius 3 is 2.90 bits per heavy atom. The average molecular weight is 290 g/mol. The van der Waals surface area contributed by atoms with Gasteiger partial charge >= 0.3 is 0 Å². The van der Waals surface area contributed by atoms with Gasteiger partial charge in [0.25, 0.3) is 5.91 Å². The van der Waals surface area contributed by atoms with Gasteiger partial charge in [0.2, 0.25) is 0 Å². The Hall–Kier alpha value is -2.15. The first-order valence-electron chi connectivity index (χ1n) is 7.12. The topological polar surface area (TPSA) is 102 Å². The van der Waals surface area contributed by atoms with Gasteiger partial charge < -0.3 is 11.1 Å². The van der Waals surface area contributed by atoms with Crippen LogP contribution in [0.1, 0.15) is 47.9 Å². The fraction of sp³-hybridized carbons (Fsp3) is 0.500. The molecule has 114 valence electrons. The SMILES string of the molecule is Cc1c(C(=O)Nc2cc(C(C)C)[nH]n2)cnn1CCCN. The summed E-state index contributed by atoms with van der Waals surface area (Å²) in [5.41, 5.74) is 7.87. The first-order valence-corrected chi connectivity index (χ1v) is 7.12. The zero-order valence-corrected chi connectivity index (χ0v) is 12.7. The number of aryl methyl sites for hydroxylation is 1. The molecule has 1 amide bonds. The number of amides is 1. The molecule has 0 fully saturated rings. The third kappa shape index (κ3) is 3.49. The number of H-pyrrole nitrogens is 1. The second-order valence-corrected chi connectivity index (χ2v) is 5.33. The Morgan fingerprint density at radius 2 is 2.29 bits per heavy atom. The van der Waals surface area contributed by atoms with Crippen LogP contribution in [-0.2, 0) is 6.54 Å². The number of nitrogens with zero attached hydrogens (tertiary/aromatic N) is 3. The summed E-state index contributed by atoms with van der Waals surface area (Å²) in [7, 11) is 0. The van der Waals surface area contributed by atoms with Crippen LogP contribution in [0.3, 0.4) is 0 Å². The van der Waals surface area contributed by atoms with Crippen molar-refractivity contribution in [2.24, 2.45) is 5.73 Å². The molecule has 2 aromatic heterocycles. The van der Waals surface area contributed by atoms with Crippen LogP contribution in [0, 0.1) is 6.92 Å². The van der Waals surface area contributed by atoms with Gasteiger partial charge in [-0.1, -0.05) is 13.8 Å². The van der Waals surface area contributed by atoms with Crippen molar-refractivity contribution in [2.45, 2.75) is 39.7 Å². The molecule has 0 aromatic carbocycles. The summed E-state index contributed by atoms with van der Waals surface area (Å²) in [5, 5.41) is 14.0. The van der Waals surface area contributed by atoms with Gasteiger partial charge in [-0.15, -0.1) is 0 Å². The number of nitrogens with one attached hydrogen (secondary N) is 2. The first kappa shape index (κ1) is 15.2. The summed E-state index contributed by atoms with van der Waals surface area (Å²) in [6.07, 6.45) is 2.41. The molecule has 0 unspecified atom stereocenters. The van der Waals surface area contributed by atoms with Crippen molar-refractivity contribution in [3.63, 3.8) is 0 Å². The molecule has 7 nitrogen and oxygen atoms in total. The van der Waals surface area contributed by atoms with E-state index in [4.69, 9.17) is 5.73 Å². The molecule has 0 bridgehead atoms. The Balaban J connectivity index is 2.07. The normalized spacial score (nSPS) is 11.1. The fourth-order valence-electron chi connectivity index (χ4n) is 2.02. The van der Waals surface area contributed by atoms with Crippen LogP contribution in [-0.4, -0.2) is 32.4 Å².